The number of hydrogen-bond acceptors (Lipinski definition) is 4. The van der Waals surface area contributed by atoms with Gasteiger partial charge in [-0.2, -0.15) is 0 Å². The molecule has 168 valence electrons. The van der Waals surface area contributed by atoms with Crippen LogP contribution in [-0.4, -0.2) is 31.7 Å². The lowest BCUT2D eigenvalue weighted by molar-refractivity contribution is -0.116. The number of halogens is 1. The molecule has 0 bridgehead atoms. The Morgan fingerprint density at radius 1 is 1.03 bits per heavy atom. The highest BCUT2D eigenvalue weighted by molar-refractivity contribution is 14.0. The van der Waals surface area contributed by atoms with Crippen LogP contribution in [0, 0.1) is 0 Å². The van der Waals surface area contributed by atoms with Crippen LogP contribution in [0.1, 0.15) is 37.8 Å². The lowest BCUT2D eigenvalue weighted by Crippen LogP contribution is -2.38. The van der Waals surface area contributed by atoms with Crippen molar-refractivity contribution in [2.45, 2.75) is 39.7 Å². The van der Waals surface area contributed by atoms with Gasteiger partial charge in [0.15, 0.2) is 17.5 Å². The minimum Gasteiger partial charge on any atom is -0.454 e. The van der Waals surface area contributed by atoms with Crippen molar-refractivity contribution in [2.24, 2.45) is 4.99 Å². The molecule has 0 saturated heterocycles. The van der Waals surface area contributed by atoms with Crippen LogP contribution < -0.4 is 25.4 Å². The van der Waals surface area contributed by atoms with Gasteiger partial charge in [-0.25, -0.2) is 4.99 Å². The molecule has 3 rings (SSSR count). The third kappa shape index (κ3) is 7.93. The molecule has 0 atom stereocenters. The molecule has 7 nitrogen and oxygen atoms in total. The summed E-state index contributed by atoms with van der Waals surface area (Å²) in [5.74, 6) is 2.41. The molecule has 31 heavy (non-hydrogen) atoms. The molecule has 8 heteroatoms. The number of fused-ring (bicyclic) bond motifs is 1. The van der Waals surface area contributed by atoms with E-state index in [0.717, 1.165) is 54.6 Å². The molecule has 2 aromatic rings. The van der Waals surface area contributed by atoms with Gasteiger partial charge in [0.1, 0.15) is 0 Å². The van der Waals surface area contributed by atoms with Crippen LogP contribution in [0.5, 0.6) is 11.5 Å². The molecule has 1 aliphatic heterocycles. The number of anilines is 1. The summed E-state index contributed by atoms with van der Waals surface area (Å²) in [4.78, 5) is 16.5. The van der Waals surface area contributed by atoms with Crippen LogP contribution in [-0.2, 0) is 17.8 Å². The predicted octanol–water partition coefficient (Wildman–Crippen LogP) is 4.07. The van der Waals surface area contributed by atoms with Gasteiger partial charge in [0.2, 0.25) is 12.7 Å². The second-order valence-corrected chi connectivity index (χ2v) is 7.06. The standard InChI is InChI=1S/C23H30N4O3.HI/c1-3-6-22(28)27-19-8-5-7-18(13-19)15-26-23(24-4-2)25-12-11-17-9-10-20-21(14-17)30-16-29-20;/h5,7-10,13-14H,3-4,6,11-12,15-16H2,1-2H3,(H,27,28)(H2,24,25,26);1H. The SMILES string of the molecule is CCCC(=O)Nc1cccc(CN=C(NCC)NCCc2ccc3c(c2)OCO3)c1.I. The number of guanidine groups is 1. The monoisotopic (exact) mass is 538 g/mol. The van der Waals surface area contributed by atoms with E-state index in [1.807, 2.05) is 50.2 Å². The van der Waals surface area contributed by atoms with Crippen LogP contribution in [0.25, 0.3) is 0 Å². The molecule has 0 saturated carbocycles. The second-order valence-electron chi connectivity index (χ2n) is 7.06. The smallest absolute Gasteiger partial charge is 0.231 e. The number of rotatable bonds is 9. The zero-order valence-corrected chi connectivity index (χ0v) is 20.4. The Hall–Kier alpha value is -2.49. The fraction of sp³-hybridized carbons (Fsp3) is 0.391. The number of nitrogens with zero attached hydrogens (tertiary/aromatic N) is 1. The van der Waals surface area contributed by atoms with Crippen molar-refractivity contribution >= 4 is 41.5 Å². The van der Waals surface area contributed by atoms with Crippen LogP contribution in [0.15, 0.2) is 47.5 Å². The van der Waals surface area contributed by atoms with Crippen molar-refractivity contribution in [1.29, 1.82) is 0 Å². The summed E-state index contributed by atoms with van der Waals surface area (Å²) in [7, 11) is 0. The molecule has 0 radical (unpaired) electrons. The summed E-state index contributed by atoms with van der Waals surface area (Å²) in [5.41, 5.74) is 3.03. The van der Waals surface area contributed by atoms with Gasteiger partial charge in [-0.3, -0.25) is 4.79 Å². The lowest BCUT2D eigenvalue weighted by Gasteiger charge is -2.12. The number of amides is 1. The molecular weight excluding hydrogens is 507 g/mol. The molecular formula is C23H31IN4O3. The van der Waals surface area contributed by atoms with E-state index in [-0.39, 0.29) is 36.7 Å². The highest BCUT2D eigenvalue weighted by Crippen LogP contribution is 2.32. The first-order chi connectivity index (χ1) is 14.7. The average Bonchev–Trinajstić information content (AvgIpc) is 3.20. The maximum absolute atomic E-state index is 11.8. The first-order valence-corrected chi connectivity index (χ1v) is 10.5. The van der Waals surface area contributed by atoms with Gasteiger partial charge in [0, 0.05) is 25.2 Å². The minimum atomic E-state index is 0. The summed E-state index contributed by atoms with van der Waals surface area (Å²) in [6.45, 7) is 6.38. The van der Waals surface area contributed by atoms with Gasteiger partial charge < -0.3 is 25.4 Å². The van der Waals surface area contributed by atoms with Gasteiger partial charge in [-0.05, 0) is 55.2 Å². The number of benzene rings is 2. The van der Waals surface area contributed by atoms with E-state index < -0.39 is 0 Å². The zero-order valence-electron chi connectivity index (χ0n) is 18.1. The molecule has 1 amide bonds. The molecule has 2 aromatic carbocycles. The quantitative estimate of drug-likeness (QED) is 0.255. The van der Waals surface area contributed by atoms with Crippen molar-refractivity contribution in [2.75, 3.05) is 25.2 Å². The van der Waals surface area contributed by atoms with Gasteiger partial charge in [0.05, 0.1) is 6.54 Å². The lowest BCUT2D eigenvalue weighted by atomic mass is 10.1. The normalized spacial score (nSPS) is 12.1. The number of carbonyl (C=O) groups excluding carboxylic acids is 1. The average molecular weight is 538 g/mol. The molecule has 1 heterocycles. The highest BCUT2D eigenvalue weighted by Gasteiger charge is 2.13. The molecule has 3 N–H and O–H groups in total. The van der Waals surface area contributed by atoms with Crippen molar-refractivity contribution in [3.8, 4) is 11.5 Å². The van der Waals surface area contributed by atoms with E-state index in [9.17, 15) is 4.79 Å². The van der Waals surface area contributed by atoms with Crippen molar-refractivity contribution < 1.29 is 14.3 Å². The van der Waals surface area contributed by atoms with Crippen LogP contribution >= 0.6 is 24.0 Å². The largest absolute Gasteiger partial charge is 0.454 e. The van der Waals surface area contributed by atoms with Gasteiger partial charge in [0.25, 0.3) is 0 Å². The molecule has 1 aliphatic rings. The Balaban J connectivity index is 0.00000341. The summed E-state index contributed by atoms with van der Waals surface area (Å²) >= 11 is 0. The van der Waals surface area contributed by atoms with Gasteiger partial charge in [-0.1, -0.05) is 25.1 Å². The molecule has 0 spiro atoms. The Morgan fingerprint density at radius 3 is 2.68 bits per heavy atom. The van der Waals surface area contributed by atoms with E-state index in [1.165, 1.54) is 5.56 Å². The van der Waals surface area contributed by atoms with Gasteiger partial charge >= 0.3 is 0 Å². The maximum Gasteiger partial charge on any atom is 0.231 e. The number of ether oxygens (including phenoxy) is 2. The van der Waals surface area contributed by atoms with E-state index in [4.69, 9.17) is 9.47 Å². The Morgan fingerprint density at radius 2 is 1.87 bits per heavy atom. The fourth-order valence-electron chi connectivity index (χ4n) is 3.13. The topological polar surface area (TPSA) is 84.0 Å². The van der Waals surface area contributed by atoms with E-state index >= 15 is 0 Å². The predicted molar refractivity (Wildman–Crippen MR) is 134 cm³/mol. The number of carbonyl (C=O) groups is 1. The van der Waals surface area contributed by atoms with E-state index in [2.05, 4.69) is 27.0 Å². The summed E-state index contributed by atoms with van der Waals surface area (Å²) in [5, 5.41) is 9.56. The molecule has 0 aromatic heterocycles. The van der Waals surface area contributed by atoms with Crippen LogP contribution in [0.3, 0.4) is 0 Å². The fourth-order valence-corrected chi connectivity index (χ4v) is 3.13. The Kier molecular flexibility index (Phi) is 10.4. The summed E-state index contributed by atoms with van der Waals surface area (Å²) < 4.78 is 10.8. The first-order valence-electron chi connectivity index (χ1n) is 10.5. The molecule has 0 unspecified atom stereocenters. The van der Waals surface area contributed by atoms with Crippen molar-refractivity contribution in [1.82, 2.24) is 10.6 Å². The van der Waals surface area contributed by atoms with Crippen molar-refractivity contribution in [3.63, 3.8) is 0 Å². The van der Waals surface area contributed by atoms with E-state index in [0.29, 0.717) is 13.0 Å². The zero-order chi connectivity index (χ0) is 21.2. The number of hydrogen-bond donors (Lipinski definition) is 3. The third-order valence-corrected chi connectivity index (χ3v) is 4.59. The van der Waals surface area contributed by atoms with Crippen LogP contribution in [0.4, 0.5) is 5.69 Å². The number of nitrogens with one attached hydrogen (secondary N) is 3. The minimum absolute atomic E-state index is 0. The summed E-state index contributed by atoms with van der Waals surface area (Å²) in [6.07, 6.45) is 2.21. The molecule has 0 aliphatic carbocycles. The van der Waals surface area contributed by atoms with Crippen molar-refractivity contribution in [3.05, 3.63) is 53.6 Å². The Labute approximate surface area is 201 Å². The maximum atomic E-state index is 11.8. The second kappa shape index (κ2) is 13.0. The highest BCUT2D eigenvalue weighted by atomic mass is 127. The Bertz CT molecular complexity index is 889. The third-order valence-electron chi connectivity index (χ3n) is 4.59. The van der Waals surface area contributed by atoms with Crippen LogP contribution in [0.2, 0.25) is 0 Å². The summed E-state index contributed by atoms with van der Waals surface area (Å²) in [6, 6.07) is 13.8. The molecule has 0 fully saturated rings. The van der Waals surface area contributed by atoms with E-state index in [1.54, 1.807) is 0 Å². The number of aliphatic imine (C=N–C) groups is 1. The van der Waals surface area contributed by atoms with Gasteiger partial charge in [-0.15, -0.1) is 24.0 Å². The first kappa shape index (κ1) is 24.8.